The first-order chi connectivity index (χ1) is 5.43. The predicted molar refractivity (Wildman–Crippen MR) is 47.9 cm³/mol. The van der Waals surface area contributed by atoms with Gasteiger partial charge >= 0.3 is 5.97 Å². The van der Waals surface area contributed by atoms with Gasteiger partial charge in [0.2, 0.25) is 0 Å². The number of carbonyl (C=O) groups is 1. The summed E-state index contributed by atoms with van der Waals surface area (Å²) in [4.78, 5) is 10.7. The Balaban J connectivity index is 2.98. The molecular formula is C8H9BrO3. The van der Waals surface area contributed by atoms with Gasteiger partial charge in [0.05, 0.1) is 5.60 Å². The molecule has 0 aromatic rings. The zero-order chi connectivity index (χ0) is 9.35. The van der Waals surface area contributed by atoms with Crippen LogP contribution in [0.4, 0.5) is 0 Å². The Bertz CT molecular complexity index is 265. The summed E-state index contributed by atoms with van der Waals surface area (Å²) in [5.74, 6) is -1.90. The van der Waals surface area contributed by atoms with E-state index in [1.807, 2.05) is 0 Å². The van der Waals surface area contributed by atoms with Crippen molar-refractivity contribution in [3.05, 3.63) is 22.7 Å². The van der Waals surface area contributed by atoms with Crippen LogP contribution in [0.25, 0.3) is 0 Å². The van der Waals surface area contributed by atoms with Crippen LogP contribution in [0.3, 0.4) is 0 Å². The zero-order valence-electron chi connectivity index (χ0n) is 6.49. The van der Waals surface area contributed by atoms with Crippen molar-refractivity contribution < 1.29 is 15.0 Å². The highest BCUT2D eigenvalue weighted by Gasteiger charge is 2.35. The first-order valence-corrected chi connectivity index (χ1v) is 4.24. The number of rotatable bonds is 1. The number of hydrogen-bond donors (Lipinski definition) is 2. The fourth-order valence-corrected chi connectivity index (χ4v) is 1.45. The monoisotopic (exact) mass is 232 g/mol. The lowest BCUT2D eigenvalue weighted by Gasteiger charge is -2.27. The molecule has 3 nitrogen and oxygen atoms in total. The second-order valence-corrected chi connectivity index (χ2v) is 3.84. The molecule has 2 atom stereocenters. The van der Waals surface area contributed by atoms with E-state index in [1.54, 1.807) is 6.08 Å². The molecule has 0 heterocycles. The molecule has 0 aromatic carbocycles. The third-order valence-corrected chi connectivity index (χ3v) is 2.33. The zero-order valence-corrected chi connectivity index (χ0v) is 8.08. The largest absolute Gasteiger partial charge is 0.481 e. The number of carboxylic acid groups (broad SMARTS) is 1. The van der Waals surface area contributed by atoms with Crippen LogP contribution in [0.2, 0.25) is 0 Å². The van der Waals surface area contributed by atoms with Crippen LogP contribution in [0.15, 0.2) is 22.7 Å². The third-order valence-electron chi connectivity index (χ3n) is 1.80. The molecule has 1 rings (SSSR count). The lowest BCUT2D eigenvalue weighted by molar-refractivity contribution is -0.145. The van der Waals surface area contributed by atoms with Crippen LogP contribution in [0, 0.1) is 5.92 Å². The molecule has 0 aromatic heterocycles. The summed E-state index contributed by atoms with van der Waals surface area (Å²) in [7, 11) is 0. The first-order valence-electron chi connectivity index (χ1n) is 3.45. The minimum atomic E-state index is -1.29. The Hall–Kier alpha value is -0.610. The van der Waals surface area contributed by atoms with Crippen LogP contribution in [-0.4, -0.2) is 21.8 Å². The molecule has 0 saturated carbocycles. The van der Waals surface area contributed by atoms with E-state index in [1.165, 1.54) is 19.1 Å². The van der Waals surface area contributed by atoms with E-state index < -0.39 is 17.5 Å². The standard InChI is InChI=1S/C8H9BrO3/c1-8(12)3-2-5(9)4-6(8)7(10)11/h2-4,6,12H,1H3,(H,10,11). The fourth-order valence-electron chi connectivity index (χ4n) is 1.06. The Morgan fingerprint density at radius 1 is 1.75 bits per heavy atom. The van der Waals surface area contributed by atoms with Crippen molar-refractivity contribution >= 4 is 21.9 Å². The third kappa shape index (κ3) is 1.76. The molecule has 0 bridgehead atoms. The summed E-state index contributed by atoms with van der Waals surface area (Å²) in [5, 5.41) is 18.3. The normalized spacial score (nSPS) is 34.6. The van der Waals surface area contributed by atoms with Gasteiger partial charge in [0, 0.05) is 4.48 Å². The van der Waals surface area contributed by atoms with Crippen LogP contribution in [0.1, 0.15) is 6.92 Å². The maximum atomic E-state index is 10.7. The van der Waals surface area contributed by atoms with Crippen LogP contribution in [-0.2, 0) is 4.79 Å². The van der Waals surface area contributed by atoms with Gasteiger partial charge in [0.25, 0.3) is 0 Å². The van der Waals surface area contributed by atoms with E-state index in [2.05, 4.69) is 15.9 Å². The van der Waals surface area contributed by atoms with E-state index in [0.29, 0.717) is 4.48 Å². The molecule has 66 valence electrons. The van der Waals surface area contributed by atoms with Crippen molar-refractivity contribution in [3.63, 3.8) is 0 Å². The molecule has 0 saturated heterocycles. The maximum absolute atomic E-state index is 10.7. The smallest absolute Gasteiger partial charge is 0.313 e. The van der Waals surface area contributed by atoms with Crippen molar-refractivity contribution in [2.75, 3.05) is 0 Å². The molecule has 0 radical (unpaired) electrons. The predicted octanol–water partition coefficient (Wildman–Crippen LogP) is 1.29. The molecule has 1 aliphatic carbocycles. The highest BCUT2D eigenvalue weighted by Crippen LogP contribution is 2.29. The van der Waals surface area contributed by atoms with Crippen molar-refractivity contribution in [3.8, 4) is 0 Å². The van der Waals surface area contributed by atoms with Crippen molar-refractivity contribution in [2.24, 2.45) is 5.92 Å². The number of allylic oxidation sites excluding steroid dienone is 2. The lowest BCUT2D eigenvalue weighted by Crippen LogP contribution is -2.37. The summed E-state index contributed by atoms with van der Waals surface area (Å²) in [6.07, 6.45) is 4.58. The Kier molecular flexibility index (Phi) is 2.39. The molecule has 0 amide bonds. The summed E-state index contributed by atoms with van der Waals surface area (Å²) in [6, 6.07) is 0. The van der Waals surface area contributed by atoms with Crippen molar-refractivity contribution in [1.82, 2.24) is 0 Å². The number of aliphatic hydroxyl groups is 1. The number of carboxylic acids is 1. The van der Waals surface area contributed by atoms with E-state index in [-0.39, 0.29) is 0 Å². The number of hydrogen-bond acceptors (Lipinski definition) is 2. The minimum absolute atomic E-state index is 0.682. The quantitative estimate of drug-likeness (QED) is 0.717. The van der Waals surface area contributed by atoms with Crippen LogP contribution >= 0.6 is 15.9 Å². The number of aliphatic carboxylic acids is 1. The van der Waals surface area contributed by atoms with Gasteiger partial charge < -0.3 is 10.2 Å². The van der Waals surface area contributed by atoms with E-state index in [9.17, 15) is 9.90 Å². The van der Waals surface area contributed by atoms with Gasteiger partial charge in [0.15, 0.2) is 0 Å². The highest BCUT2D eigenvalue weighted by atomic mass is 79.9. The van der Waals surface area contributed by atoms with E-state index in [4.69, 9.17) is 5.11 Å². The van der Waals surface area contributed by atoms with Gasteiger partial charge in [0.1, 0.15) is 5.92 Å². The van der Waals surface area contributed by atoms with Gasteiger partial charge in [-0.1, -0.05) is 28.1 Å². The topological polar surface area (TPSA) is 57.5 Å². The van der Waals surface area contributed by atoms with Gasteiger partial charge in [-0.05, 0) is 13.0 Å². The summed E-state index contributed by atoms with van der Waals surface area (Å²) < 4.78 is 0.682. The van der Waals surface area contributed by atoms with Gasteiger partial charge in [-0.2, -0.15) is 0 Å². The molecule has 2 N–H and O–H groups in total. The molecule has 2 unspecified atom stereocenters. The van der Waals surface area contributed by atoms with Crippen molar-refractivity contribution in [2.45, 2.75) is 12.5 Å². The van der Waals surface area contributed by atoms with Gasteiger partial charge in [-0.25, -0.2) is 0 Å². The second kappa shape index (κ2) is 3.03. The Labute approximate surface area is 78.5 Å². The Morgan fingerprint density at radius 3 is 2.75 bits per heavy atom. The van der Waals surface area contributed by atoms with Crippen LogP contribution < -0.4 is 0 Å². The van der Waals surface area contributed by atoms with Crippen LogP contribution in [0.5, 0.6) is 0 Å². The molecular weight excluding hydrogens is 224 g/mol. The van der Waals surface area contributed by atoms with Gasteiger partial charge in [-0.3, -0.25) is 4.79 Å². The summed E-state index contributed by atoms with van der Waals surface area (Å²) >= 11 is 3.15. The summed E-state index contributed by atoms with van der Waals surface area (Å²) in [6.45, 7) is 1.47. The fraction of sp³-hybridized carbons (Fsp3) is 0.375. The molecule has 0 fully saturated rings. The summed E-state index contributed by atoms with van der Waals surface area (Å²) in [5.41, 5.74) is -1.29. The molecule has 0 aliphatic heterocycles. The first kappa shape index (κ1) is 9.48. The Morgan fingerprint density at radius 2 is 2.33 bits per heavy atom. The molecule has 4 heteroatoms. The van der Waals surface area contributed by atoms with Crippen molar-refractivity contribution in [1.29, 1.82) is 0 Å². The average molecular weight is 233 g/mol. The lowest BCUT2D eigenvalue weighted by atomic mass is 9.86. The molecule has 12 heavy (non-hydrogen) atoms. The van der Waals surface area contributed by atoms with E-state index >= 15 is 0 Å². The average Bonchev–Trinajstić information content (AvgIpc) is 1.94. The maximum Gasteiger partial charge on any atom is 0.313 e. The second-order valence-electron chi connectivity index (χ2n) is 2.93. The highest BCUT2D eigenvalue weighted by molar-refractivity contribution is 9.11. The number of halogens is 1. The van der Waals surface area contributed by atoms with E-state index in [0.717, 1.165) is 0 Å². The molecule has 1 aliphatic rings. The molecule has 0 spiro atoms. The van der Waals surface area contributed by atoms with Gasteiger partial charge in [-0.15, -0.1) is 0 Å². The minimum Gasteiger partial charge on any atom is -0.481 e. The SMILES string of the molecule is CC1(O)C=CC(Br)=CC1C(=O)O.